The Labute approximate surface area is 315 Å². The third-order valence-corrected chi connectivity index (χ3v) is 10.3. The van der Waals surface area contributed by atoms with E-state index in [-0.39, 0.29) is 25.8 Å². The Morgan fingerprint density at radius 2 is 1.12 bits per heavy atom. The predicted octanol–water partition coefficient (Wildman–Crippen LogP) is 12.3. The second-order valence-electron chi connectivity index (χ2n) is 14.2. The van der Waals surface area contributed by atoms with Gasteiger partial charge in [0.2, 0.25) is 0 Å². The van der Waals surface area contributed by atoms with Gasteiger partial charge in [0.15, 0.2) is 0 Å². The molecule has 0 bridgehead atoms. The van der Waals surface area contributed by atoms with Gasteiger partial charge in [-0.05, 0) is 58.5 Å². The summed E-state index contributed by atoms with van der Waals surface area (Å²) in [6, 6.07) is 0. The van der Waals surface area contributed by atoms with E-state index in [4.69, 9.17) is 18.5 Å². The van der Waals surface area contributed by atoms with E-state index in [0.717, 1.165) is 57.9 Å². The maximum atomic E-state index is 12.5. The molecule has 51 heavy (non-hydrogen) atoms. The van der Waals surface area contributed by atoms with E-state index < -0.39 is 13.9 Å². The lowest BCUT2D eigenvalue weighted by Crippen LogP contribution is -2.28. The van der Waals surface area contributed by atoms with Crippen LogP contribution < -0.4 is 0 Å². The van der Waals surface area contributed by atoms with Gasteiger partial charge < -0.3 is 19.3 Å². The Balaban J connectivity index is 4.25. The van der Waals surface area contributed by atoms with Crippen molar-refractivity contribution in [2.24, 2.45) is 0 Å². The average Bonchev–Trinajstić information content (AvgIpc) is 3.12. The maximum absolute atomic E-state index is 12.5. The Morgan fingerprint density at radius 1 is 0.627 bits per heavy atom. The highest BCUT2D eigenvalue weighted by atomic mass is 31.2. The van der Waals surface area contributed by atoms with Gasteiger partial charge in [-0.15, -0.1) is 0 Å². The van der Waals surface area contributed by atoms with Crippen LogP contribution in [0, 0.1) is 0 Å². The normalized spacial score (nSPS) is 13.8. The molecular formula is C42H82NO7P. The molecule has 9 heteroatoms. The molecule has 0 radical (unpaired) electrons. The third kappa shape index (κ3) is 38.5. The number of allylic oxidation sites excluding steroid dienone is 4. The fourth-order valence-corrected chi connectivity index (χ4v) is 6.46. The molecule has 0 amide bonds. The first-order valence-electron chi connectivity index (χ1n) is 21.2. The zero-order chi connectivity index (χ0) is 37.5. The number of carbonyl (C=O) groups excluding carboxylic acids is 1. The van der Waals surface area contributed by atoms with Crippen LogP contribution in [0.4, 0.5) is 0 Å². The van der Waals surface area contributed by atoms with Crippen molar-refractivity contribution < 1.29 is 32.8 Å². The van der Waals surface area contributed by atoms with Gasteiger partial charge in [0.05, 0.1) is 13.2 Å². The van der Waals surface area contributed by atoms with Gasteiger partial charge in [-0.25, -0.2) is 4.57 Å². The molecule has 0 fully saturated rings. The fraction of sp³-hybridized carbons (Fsp3) is 0.881. The quantitative estimate of drug-likeness (QED) is 0.0287. The summed E-state index contributed by atoms with van der Waals surface area (Å²) in [5.74, 6) is -0.258. The Morgan fingerprint density at radius 3 is 1.69 bits per heavy atom. The number of esters is 1. The molecule has 2 atom stereocenters. The maximum Gasteiger partial charge on any atom is 0.472 e. The van der Waals surface area contributed by atoms with Crippen LogP contribution in [0.5, 0.6) is 0 Å². The van der Waals surface area contributed by atoms with E-state index in [2.05, 4.69) is 38.2 Å². The van der Waals surface area contributed by atoms with Crippen molar-refractivity contribution in [1.82, 2.24) is 4.90 Å². The molecule has 302 valence electrons. The van der Waals surface area contributed by atoms with Crippen LogP contribution in [0.15, 0.2) is 24.3 Å². The van der Waals surface area contributed by atoms with Crippen molar-refractivity contribution in [2.45, 2.75) is 194 Å². The highest BCUT2D eigenvalue weighted by molar-refractivity contribution is 7.47. The summed E-state index contributed by atoms with van der Waals surface area (Å²) in [7, 11) is -2.32. The number of hydrogen-bond acceptors (Lipinski definition) is 7. The molecule has 0 heterocycles. The van der Waals surface area contributed by atoms with Crippen molar-refractivity contribution >= 4 is 13.8 Å². The number of rotatable bonds is 40. The van der Waals surface area contributed by atoms with Crippen LogP contribution in [-0.2, 0) is 27.9 Å². The summed E-state index contributed by atoms with van der Waals surface area (Å²) in [6.07, 6.45) is 39.3. The van der Waals surface area contributed by atoms with Gasteiger partial charge in [-0.2, -0.15) is 0 Å². The standard InChI is InChI=1S/C42H82NO7P/c1-5-8-10-12-14-16-18-20-21-22-24-26-28-30-32-34-37-47-41(40-50-51(45,46)49-38-36-43(4)7-3)39-48-42(44)35-33-31-29-27-25-23-19-17-15-13-11-9-6-2/h14,16,20-21,41H,5-13,15,17-19,22-40H2,1-4H3,(H,45,46)/b16-14-,21-20-/t41-/m1/s1. The predicted molar refractivity (Wildman–Crippen MR) is 215 cm³/mol. The van der Waals surface area contributed by atoms with Crippen LogP contribution >= 0.6 is 7.82 Å². The number of phosphoric ester groups is 1. The lowest BCUT2D eigenvalue weighted by molar-refractivity contribution is -0.149. The van der Waals surface area contributed by atoms with E-state index in [1.165, 1.54) is 109 Å². The molecule has 0 aromatic carbocycles. The number of nitrogens with zero attached hydrogens (tertiary/aromatic N) is 1. The second kappa shape index (κ2) is 38.7. The van der Waals surface area contributed by atoms with Crippen molar-refractivity contribution in [2.75, 3.05) is 46.6 Å². The minimum atomic E-state index is -4.24. The first kappa shape index (κ1) is 50.0. The van der Waals surface area contributed by atoms with E-state index in [1.807, 2.05) is 18.9 Å². The number of carbonyl (C=O) groups is 1. The smallest absolute Gasteiger partial charge is 0.463 e. The average molecular weight is 744 g/mol. The van der Waals surface area contributed by atoms with Crippen molar-refractivity contribution in [1.29, 1.82) is 0 Å². The molecule has 0 aliphatic carbocycles. The highest BCUT2D eigenvalue weighted by Gasteiger charge is 2.24. The summed E-state index contributed by atoms with van der Waals surface area (Å²) in [4.78, 5) is 24.6. The number of ether oxygens (including phenoxy) is 2. The Bertz CT molecular complexity index is 853. The molecule has 0 aromatic rings. The van der Waals surface area contributed by atoms with Gasteiger partial charge >= 0.3 is 13.8 Å². The van der Waals surface area contributed by atoms with Crippen LogP contribution in [0.2, 0.25) is 0 Å². The van der Waals surface area contributed by atoms with Crippen LogP contribution in [0.3, 0.4) is 0 Å². The first-order valence-corrected chi connectivity index (χ1v) is 22.7. The molecule has 1 N–H and O–H groups in total. The Kier molecular flexibility index (Phi) is 37.9. The molecular weight excluding hydrogens is 661 g/mol. The van der Waals surface area contributed by atoms with Crippen LogP contribution in [0.25, 0.3) is 0 Å². The van der Waals surface area contributed by atoms with Gasteiger partial charge in [0.25, 0.3) is 0 Å². The lowest BCUT2D eigenvalue weighted by atomic mass is 10.0. The van der Waals surface area contributed by atoms with E-state index in [0.29, 0.717) is 19.6 Å². The zero-order valence-corrected chi connectivity index (χ0v) is 34.7. The summed E-state index contributed by atoms with van der Waals surface area (Å²) < 4.78 is 34.3. The molecule has 0 saturated carbocycles. The number of phosphoric acid groups is 1. The van der Waals surface area contributed by atoms with E-state index in [9.17, 15) is 14.3 Å². The van der Waals surface area contributed by atoms with E-state index >= 15 is 0 Å². The van der Waals surface area contributed by atoms with Gasteiger partial charge in [0.1, 0.15) is 12.7 Å². The molecule has 0 aromatic heterocycles. The highest BCUT2D eigenvalue weighted by Crippen LogP contribution is 2.43. The summed E-state index contributed by atoms with van der Waals surface area (Å²) in [5, 5.41) is 0. The molecule has 0 saturated heterocycles. The monoisotopic (exact) mass is 744 g/mol. The number of hydrogen-bond donors (Lipinski definition) is 1. The molecule has 0 aliphatic heterocycles. The molecule has 8 nitrogen and oxygen atoms in total. The number of unbranched alkanes of at least 4 members (excludes halogenated alkanes) is 21. The molecule has 0 spiro atoms. The summed E-state index contributed by atoms with van der Waals surface area (Å²) in [5.41, 5.74) is 0. The largest absolute Gasteiger partial charge is 0.472 e. The van der Waals surface area contributed by atoms with Crippen LogP contribution in [0.1, 0.15) is 188 Å². The van der Waals surface area contributed by atoms with Gasteiger partial charge in [0, 0.05) is 19.6 Å². The molecule has 1 unspecified atom stereocenters. The Hall–Kier alpha value is -1.02. The van der Waals surface area contributed by atoms with Gasteiger partial charge in [-0.1, -0.05) is 161 Å². The fourth-order valence-electron chi connectivity index (χ4n) is 5.71. The lowest BCUT2D eigenvalue weighted by Gasteiger charge is -2.20. The third-order valence-electron chi connectivity index (χ3n) is 9.30. The summed E-state index contributed by atoms with van der Waals surface area (Å²) >= 11 is 0. The first-order chi connectivity index (χ1) is 24.8. The van der Waals surface area contributed by atoms with Crippen molar-refractivity contribution in [3.63, 3.8) is 0 Å². The molecule has 0 rings (SSSR count). The SMILES string of the molecule is CCCCC/C=C\C/C=C\CCCCCCCCO[C@H](COC(=O)CCCCCCCCCCCCCCC)COP(=O)(O)OCCN(C)CC. The molecule has 0 aliphatic rings. The van der Waals surface area contributed by atoms with Gasteiger partial charge in [-0.3, -0.25) is 13.8 Å². The summed E-state index contributed by atoms with van der Waals surface area (Å²) in [6.45, 7) is 8.24. The number of likely N-dealkylation sites (N-methyl/N-ethyl adjacent to an activating group) is 1. The van der Waals surface area contributed by atoms with Crippen molar-refractivity contribution in [3.05, 3.63) is 24.3 Å². The van der Waals surface area contributed by atoms with Crippen molar-refractivity contribution in [3.8, 4) is 0 Å². The topological polar surface area (TPSA) is 94.5 Å². The zero-order valence-electron chi connectivity index (χ0n) is 33.8. The minimum Gasteiger partial charge on any atom is -0.463 e. The van der Waals surface area contributed by atoms with Crippen LogP contribution in [-0.4, -0.2) is 68.4 Å². The second-order valence-corrected chi connectivity index (χ2v) is 15.7. The van der Waals surface area contributed by atoms with E-state index in [1.54, 1.807) is 0 Å². The minimum absolute atomic E-state index is 0.00197.